The second kappa shape index (κ2) is 6.12. The molecular formula is C20H32O. The molecule has 0 bridgehead atoms. The largest absolute Gasteiger partial charge is 0.385 e. The molecule has 0 radical (unpaired) electrons. The van der Waals surface area contributed by atoms with Crippen molar-refractivity contribution >= 4 is 0 Å². The minimum Gasteiger partial charge on any atom is -0.385 e. The predicted molar refractivity (Wildman–Crippen MR) is 90.5 cm³/mol. The average molecular weight is 288 g/mol. The zero-order valence-electron chi connectivity index (χ0n) is 14.4. The Bertz CT molecular complexity index is 447. The van der Waals surface area contributed by atoms with Crippen LogP contribution >= 0.6 is 0 Å². The van der Waals surface area contributed by atoms with Crippen LogP contribution in [-0.4, -0.2) is 5.11 Å². The van der Waals surface area contributed by atoms with Crippen LogP contribution in [0.5, 0.6) is 0 Å². The summed E-state index contributed by atoms with van der Waals surface area (Å²) in [5.74, 6) is 1.30. The van der Waals surface area contributed by atoms with E-state index in [1.165, 1.54) is 12.0 Å². The normalized spacial score (nSPS) is 27.1. The van der Waals surface area contributed by atoms with E-state index in [4.69, 9.17) is 0 Å². The lowest BCUT2D eigenvalue weighted by molar-refractivity contribution is -0.0328. The van der Waals surface area contributed by atoms with Gasteiger partial charge in [0.1, 0.15) is 0 Å². The summed E-state index contributed by atoms with van der Waals surface area (Å²) in [6, 6.07) is 8.64. The topological polar surface area (TPSA) is 20.2 Å². The molecule has 0 atom stereocenters. The molecule has 0 aliphatic heterocycles. The van der Waals surface area contributed by atoms with Gasteiger partial charge >= 0.3 is 0 Å². The van der Waals surface area contributed by atoms with Crippen molar-refractivity contribution in [1.29, 1.82) is 0 Å². The van der Waals surface area contributed by atoms with Crippen LogP contribution < -0.4 is 0 Å². The van der Waals surface area contributed by atoms with Gasteiger partial charge in [-0.25, -0.2) is 0 Å². The van der Waals surface area contributed by atoms with Crippen molar-refractivity contribution in [2.75, 3.05) is 0 Å². The number of aliphatic hydroxyl groups is 1. The smallest absolute Gasteiger partial charge is 0.0896 e. The first kappa shape index (κ1) is 16.5. The van der Waals surface area contributed by atoms with Crippen molar-refractivity contribution in [1.82, 2.24) is 0 Å². The molecule has 1 aromatic rings. The van der Waals surface area contributed by atoms with Gasteiger partial charge in [-0.05, 0) is 54.1 Å². The van der Waals surface area contributed by atoms with E-state index in [1.807, 2.05) is 0 Å². The highest BCUT2D eigenvalue weighted by Gasteiger charge is 2.39. The van der Waals surface area contributed by atoms with E-state index in [-0.39, 0.29) is 0 Å². The monoisotopic (exact) mass is 288 g/mol. The van der Waals surface area contributed by atoms with Crippen LogP contribution in [0.2, 0.25) is 0 Å². The van der Waals surface area contributed by atoms with Crippen LogP contribution in [0.4, 0.5) is 0 Å². The molecule has 1 aromatic carbocycles. The quantitative estimate of drug-likeness (QED) is 0.762. The van der Waals surface area contributed by atoms with E-state index in [1.54, 1.807) is 0 Å². The zero-order valence-corrected chi connectivity index (χ0v) is 14.4. The third kappa shape index (κ3) is 3.51. The molecule has 21 heavy (non-hydrogen) atoms. The molecule has 0 aromatic heterocycles. The van der Waals surface area contributed by atoms with Gasteiger partial charge < -0.3 is 5.11 Å². The SMILES string of the molecule is CCC(C)(C)C1CCC(O)(c2ccc(C(C)C)cc2)CC1. The molecule has 0 unspecified atom stereocenters. The highest BCUT2D eigenvalue weighted by molar-refractivity contribution is 5.29. The summed E-state index contributed by atoms with van der Waals surface area (Å²) in [5.41, 5.74) is 2.27. The molecule has 1 nitrogen and oxygen atoms in total. The molecule has 1 aliphatic rings. The first-order valence-corrected chi connectivity index (χ1v) is 8.61. The van der Waals surface area contributed by atoms with E-state index in [2.05, 4.69) is 58.9 Å². The summed E-state index contributed by atoms with van der Waals surface area (Å²) in [6.07, 6.45) is 5.32. The van der Waals surface area contributed by atoms with E-state index in [0.29, 0.717) is 11.3 Å². The molecule has 2 rings (SSSR count). The van der Waals surface area contributed by atoms with Crippen molar-refractivity contribution in [2.45, 2.75) is 78.2 Å². The van der Waals surface area contributed by atoms with Gasteiger partial charge in [-0.15, -0.1) is 0 Å². The summed E-state index contributed by atoms with van der Waals surface area (Å²) in [5, 5.41) is 11.0. The number of hydrogen-bond donors (Lipinski definition) is 1. The fourth-order valence-electron chi connectivity index (χ4n) is 3.63. The standard InChI is InChI=1S/C20H32O/c1-6-19(4,5)17-11-13-20(21,14-12-17)18-9-7-16(8-10-18)15(2)3/h7-10,15,17,21H,6,11-14H2,1-5H3. The molecule has 0 amide bonds. The molecule has 1 heteroatoms. The van der Waals surface area contributed by atoms with Crippen LogP contribution in [-0.2, 0) is 5.60 Å². The van der Waals surface area contributed by atoms with Gasteiger partial charge in [0.05, 0.1) is 5.60 Å². The maximum Gasteiger partial charge on any atom is 0.0896 e. The first-order chi connectivity index (χ1) is 9.78. The van der Waals surface area contributed by atoms with Crippen LogP contribution in [0, 0.1) is 11.3 Å². The molecule has 1 saturated carbocycles. The van der Waals surface area contributed by atoms with Crippen LogP contribution in [0.3, 0.4) is 0 Å². The Kier molecular flexibility index (Phi) is 4.82. The van der Waals surface area contributed by atoms with Crippen molar-refractivity contribution in [2.24, 2.45) is 11.3 Å². The lowest BCUT2D eigenvalue weighted by atomic mass is 9.65. The van der Waals surface area contributed by atoms with Crippen LogP contribution in [0.15, 0.2) is 24.3 Å². The second-order valence-electron chi connectivity index (χ2n) is 7.92. The molecule has 1 fully saturated rings. The van der Waals surface area contributed by atoms with Gasteiger partial charge in [0, 0.05) is 0 Å². The van der Waals surface area contributed by atoms with Gasteiger partial charge in [0.2, 0.25) is 0 Å². The van der Waals surface area contributed by atoms with Crippen molar-refractivity contribution in [3.8, 4) is 0 Å². The Morgan fingerprint density at radius 2 is 1.67 bits per heavy atom. The molecule has 0 heterocycles. The number of benzene rings is 1. The van der Waals surface area contributed by atoms with Crippen molar-refractivity contribution < 1.29 is 5.11 Å². The Morgan fingerprint density at radius 3 is 2.10 bits per heavy atom. The highest BCUT2D eigenvalue weighted by atomic mass is 16.3. The molecular weight excluding hydrogens is 256 g/mol. The van der Waals surface area contributed by atoms with Crippen LogP contribution in [0.1, 0.15) is 83.8 Å². The van der Waals surface area contributed by atoms with Crippen molar-refractivity contribution in [3.05, 3.63) is 35.4 Å². The van der Waals surface area contributed by atoms with Crippen LogP contribution in [0.25, 0.3) is 0 Å². The van der Waals surface area contributed by atoms with Gasteiger partial charge in [-0.3, -0.25) is 0 Å². The molecule has 1 N–H and O–H groups in total. The lowest BCUT2D eigenvalue weighted by Crippen LogP contribution is -2.36. The third-order valence-corrected chi connectivity index (χ3v) is 5.94. The first-order valence-electron chi connectivity index (χ1n) is 8.61. The minimum absolute atomic E-state index is 0.406. The Morgan fingerprint density at radius 1 is 1.14 bits per heavy atom. The fraction of sp³-hybridized carbons (Fsp3) is 0.700. The van der Waals surface area contributed by atoms with Gasteiger partial charge in [-0.2, -0.15) is 0 Å². The number of hydrogen-bond acceptors (Lipinski definition) is 1. The Hall–Kier alpha value is -0.820. The minimum atomic E-state index is -0.601. The predicted octanol–water partition coefficient (Wildman–Crippen LogP) is 5.62. The number of rotatable bonds is 4. The molecule has 0 saturated heterocycles. The van der Waals surface area contributed by atoms with Gasteiger partial charge in [0.25, 0.3) is 0 Å². The Balaban J connectivity index is 2.08. The summed E-state index contributed by atoms with van der Waals surface area (Å²) in [6.45, 7) is 11.5. The lowest BCUT2D eigenvalue weighted by Gasteiger charge is -2.42. The molecule has 118 valence electrons. The van der Waals surface area contributed by atoms with E-state index >= 15 is 0 Å². The van der Waals surface area contributed by atoms with E-state index < -0.39 is 5.60 Å². The summed E-state index contributed by atoms with van der Waals surface area (Å²) in [7, 11) is 0. The maximum absolute atomic E-state index is 11.0. The molecule has 1 aliphatic carbocycles. The fourth-order valence-corrected chi connectivity index (χ4v) is 3.63. The Labute approximate surface area is 130 Å². The highest BCUT2D eigenvalue weighted by Crippen LogP contribution is 2.46. The van der Waals surface area contributed by atoms with Gasteiger partial charge in [0.15, 0.2) is 0 Å². The maximum atomic E-state index is 11.0. The average Bonchev–Trinajstić information content (AvgIpc) is 2.48. The zero-order chi connectivity index (χ0) is 15.7. The summed E-state index contributed by atoms with van der Waals surface area (Å²) >= 11 is 0. The summed E-state index contributed by atoms with van der Waals surface area (Å²) < 4.78 is 0. The van der Waals surface area contributed by atoms with Gasteiger partial charge in [-0.1, -0.05) is 65.3 Å². The van der Waals surface area contributed by atoms with Crippen molar-refractivity contribution in [3.63, 3.8) is 0 Å². The summed E-state index contributed by atoms with van der Waals surface area (Å²) in [4.78, 5) is 0. The van der Waals surface area contributed by atoms with E-state index in [0.717, 1.165) is 37.2 Å². The molecule has 0 spiro atoms. The van der Waals surface area contributed by atoms with E-state index in [9.17, 15) is 5.11 Å². The second-order valence-corrected chi connectivity index (χ2v) is 7.92. The third-order valence-electron chi connectivity index (χ3n) is 5.94.